The first-order valence-electron chi connectivity index (χ1n) is 5.14. The summed E-state index contributed by atoms with van der Waals surface area (Å²) in [6.45, 7) is 3.61. The highest BCUT2D eigenvalue weighted by Crippen LogP contribution is 2.28. The Hall–Kier alpha value is -0.780. The number of nitrogen functional groups attached to an aromatic ring is 1. The van der Waals surface area contributed by atoms with E-state index < -0.39 is 0 Å². The van der Waals surface area contributed by atoms with Crippen LogP contribution in [0.25, 0.3) is 0 Å². The molecule has 0 saturated carbocycles. The molecule has 1 rings (SSSR count). The predicted molar refractivity (Wildman–Crippen MR) is 69.7 cm³/mol. The number of aliphatic hydroxyl groups excluding tert-OH is 1. The van der Waals surface area contributed by atoms with Gasteiger partial charge in [0.15, 0.2) is 0 Å². The first kappa shape index (κ1) is 13.3. The maximum absolute atomic E-state index is 8.52. The molecule has 0 aliphatic rings. The molecule has 1 aromatic rings. The first-order chi connectivity index (χ1) is 7.66. The van der Waals surface area contributed by atoms with Gasteiger partial charge in [-0.3, -0.25) is 0 Å². The van der Waals surface area contributed by atoms with Gasteiger partial charge in [0.2, 0.25) is 0 Å². The molecule has 0 aliphatic heterocycles. The molecule has 0 unspecified atom stereocenters. The van der Waals surface area contributed by atoms with Crippen molar-refractivity contribution in [1.29, 1.82) is 0 Å². The summed E-state index contributed by atoms with van der Waals surface area (Å²) < 4.78 is 6.14. The Balaban J connectivity index is 2.45. The van der Waals surface area contributed by atoms with Gasteiger partial charge in [0.1, 0.15) is 0 Å². The van der Waals surface area contributed by atoms with Crippen LogP contribution in [0, 0.1) is 6.92 Å². The highest BCUT2D eigenvalue weighted by Gasteiger charge is 2.04. The summed E-state index contributed by atoms with van der Waals surface area (Å²) >= 11 is 3.42. The third kappa shape index (κ3) is 3.66. The Morgan fingerprint density at radius 1 is 1.44 bits per heavy atom. The van der Waals surface area contributed by atoms with Crippen molar-refractivity contribution in [2.75, 3.05) is 37.4 Å². The molecule has 4 nitrogen and oxygen atoms in total. The minimum atomic E-state index is 0.0551. The molecule has 4 N–H and O–H groups in total. The van der Waals surface area contributed by atoms with Gasteiger partial charge in [-0.1, -0.05) is 15.9 Å². The lowest BCUT2D eigenvalue weighted by atomic mass is 10.2. The van der Waals surface area contributed by atoms with E-state index in [1.807, 2.05) is 19.1 Å². The smallest absolute Gasteiger partial charge is 0.0698 e. The third-order valence-electron chi connectivity index (χ3n) is 2.25. The number of nitrogens with one attached hydrogen (secondary N) is 1. The van der Waals surface area contributed by atoms with E-state index in [1.54, 1.807) is 0 Å². The van der Waals surface area contributed by atoms with Crippen LogP contribution in [0.3, 0.4) is 0 Å². The molecule has 5 heteroatoms. The summed E-state index contributed by atoms with van der Waals surface area (Å²) in [5, 5.41) is 11.7. The van der Waals surface area contributed by atoms with Gasteiger partial charge in [-0.2, -0.15) is 0 Å². The number of rotatable bonds is 6. The number of halogens is 1. The number of hydrogen-bond donors (Lipinski definition) is 3. The van der Waals surface area contributed by atoms with Gasteiger partial charge in [0, 0.05) is 11.0 Å². The van der Waals surface area contributed by atoms with Crippen molar-refractivity contribution >= 4 is 27.3 Å². The zero-order valence-corrected chi connectivity index (χ0v) is 10.9. The molecule has 16 heavy (non-hydrogen) atoms. The minimum absolute atomic E-state index is 0.0551. The zero-order chi connectivity index (χ0) is 12.0. The molecular formula is C11H17BrN2O2. The van der Waals surface area contributed by atoms with E-state index in [-0.39, 0.29) is 6.61 Å². The Kier molecular flexibility index (Phi) is 5.59. The van der Waals surface area contributed by atoms with Gasteiger partial charge in [0.05, 0.1) is 31.2 Å². The maximum Gasteiger partial charge on any atom is 0.0698 e. The minimum Gasteiger partial charge on any atom is -0.397 e. The van der Waals surface area contributed by atoms with Crippen molar-refractivity contribution in [3.63, 3.8) is 0 Å². The van der Waals surface area contributed by atoms with Crippen LogP contribution in [-0.4, -0.2) is 31.5 Å². The van der Waals surface area contributed by atoms with E-state index in [0.29, 0.717) is 19.8 Å². The third-order valence-corrected chi connectivity index (χ3v) is 3.11. The fourth-order valence-corrected chi connectivity index (χ4v) is 1.63. The fraction of sp³-hybridized carbons (Fsp3) is 0.455. The maximum atomic E-state index is 8.52. The van der Waals surface area contributed by atoms with E-state index in [4.69, 9.17) is 15.6 Å². The molecule has 0 atom stereocenters. The summed E-state index contributed by atoms with van der Waals surface area (Å²) in [5.41, 5.74) is 8.64. The Morgan fingerprint density at radius 3 is 2.88 bits per heavy atom. The van der Waals surface area contributed by atoms with Crippen molar-refractivity contribution in [3.05, 3.63) is 22.2 Å². The highest BCUT2D eigenvalue weighted by molar-refractivity contribution is 9.10. The standard InChI is InChI=1S/C11H17BrN2O2/c1-8-9(12)2-3-10(11(8)13)14-4-6-16-7-5-15/h2-3,14-15H,4-7,13H2,1H3. The molecule has 0 fully saturated rings. The molecular weight excluding hydrogens is 272 g/mol. The zero-order valence-electron chi connectivity index (χ0n) is 9.29. The molecule has 0 spiro atoms. The van der Waals surface area contributed by atoms with Gasteiger partial charge in [0.25, 0.3) is 0 Å². The number of anilines is 2. The van der Waals surface area contributed by atoms with Crippen LogP contribution in [-0.2, 0) is 4.74 Å². The number of aliphatic hydroxyl groups is 1. The van der Waals surface area contributed by atoms with E-state index in [9.17, 15) is 0 Å². The average molecular weight is 289 g/mol. The molecule has 0 aliphatic carbocycles. The molecule has 90 valence electrons. The number of nitrogens with two attached hydrogens (primary N) is 1. The monoisotopic (exact) mass is 288 g/mol. The second-order valence-electron chi connectivity index (χ2n) is 3.40. The van der Waals surface area contributed by atoms with Crippen LogP contribution >= 0.6 is 15.9 Å². The van der Waals surface area contributed by atoms with Crippen molar-refractivity contribution in [3.8, 4) is 0 Å². The second kappa shape index (κ2) is 6.73. The number of ether oxygens (including phenoxy) is 1. The Bertz CT molecular complexity index is 345. The van der Waals surface area contributed by atoms with Crippen LogP contribution in [0.15, 0.2) is 16.6 Å². The van der Waals surface area contributed by atoms with Crippen molar-refractivity contribution < 1.29 is 9.84 Å². The average Bonchev–Trinajstić information content (AvgIpc) is 2.28. The van der Waals surface area contributed by atoms with Gasteiger partial charge in [-0.05, 0) is 24.6 Å². The molecule has 0 amide bonds. The Labute approximate surface area is 104 Å². The summed E-state index contributed by atoms with van der Waals surface area (Å²) in [5.74, 6) is 0. The lowest BCUT2D eigenvalue weighted by Crippen LogP contribution is -2.12. The molecule has 0 saturated heterocycles. The predicted octanol–water partition coefficient (Wildman–Crippen LogP) is 1.76. The van der Waals surface area contributed by atoms with Crippen molar-refractivity contribution in [2.45, 2.75) is 6.92 Å². The summed E-state index contributed by atoms with van der Waals surface area (Å²) in [6, 6.07) is 3.89. The molecule has 1 aromatic carbocycles. The van der Waals surface area contributed by atoms with Crippen LogP contribution in [0.1, 0.15) is 5.56 Å². The topological polar surface area (TPSA) is 67.5 Å². The van der Waals surface area contributed by atoms with E-state index in [0.717, 1.165) is 21.4 Å². The lowest BCUT2D eigenvalue weighted by molar-refractivity contribution is 0.0992. The highest BCUT2D eigenvalue weighted by atomic mass is 79.9. The largest absolute Gasteiger partial charge is 0.397 e. The molecule has 0 bridgehead atoms. The Morgan fingerprint density at radius 2 is 2.19 bits per heavy atom. The van der Waals surface area contributed by atoms with E-state index in [1.165, 1.54) is 0 Å². The SMILES string of the molecule is Cc1c(Br)ccc(NCCOCCO)c1N. The van der Waals surface area contributed by atoms with Crippen LogP contribution < -0.4 is 11.1 Å². The fourth-order valence-electron chi connectivity index (χ4n) is 1.28. The van der Waals surface area contributed by atoms with Crippen LogP contribution in [0.5, 0.6) is 0 Å². The number of hydrogen-bond acceptors (Lipinski definition) is 4. The quantitative estimate of drug-likeness (QED) is 0.551. The van der Waals surface area contributed by atoms with Gasteiger partial charge in [-0.25, -0.2) is 0 Å². The van der Waals surface area contributed by atoms with Crippen molar-refractivity contribution in [2.24, 2.45) is 0 Å². The lowest BCUT2D eigenvalue weighted by Gasteiger charge is -2.12. The summed E-state index contributed by atoms with van der Waals surface area (Å²) in [7, 11) is 0. The molecule has 0 radical (unpaired) electrons. The summed E-state index contributed by atoms with van der Waals surface area (Å²) in [6.07, 6.45) is 0. The first-order valence-corrected chi connectivity index (χ1v) is 5.93. The van der Waals surface area contributed by atoms with Crippen molar-refractivity contribution in [1.82, 2.24) is 0 Å². The van der Waals surface area contributed by atoms with Gasteiger partial charge in [-0.15, -0.1) is 0 Å². The van der Waals surface area contributed by atoms with Gasteiger partial charge >= 0.3 is 0 Å². The second-order valence-corrected chi connectivity index (χ2v) is 4.25. The van der Waals surface area contributed by atoms with E-state index >= 15 is 0 Å². The summed E-state index contributed by atoms with van der Waals surface area (Å²) in [4.78, 5) is 0. The normalized spacial score (nSPS) is 10.4. The number of benzene rings is 1. The molecule has 0 aromatic heterocycles. The van der Waals surface area contributed by atoms with Crippen LogP contribution in [0.4, 0.5) is 11.4 Å². The molecule has 0 heterocycles. The van der Waals surface area contributed by atoms with Gasteiger partial charge < -0.3 is 20.9 Å². The van der Waals surface area contributed by atoms with E-state index in [2.05, 4.69) is 21.2 Å². The van der Waals surface area contributed by atoms with Crippen LogP contribution in [0.2, 0.25) is 0 Å².